The third-order valence-corrected chi connectivity index (χ3v) is 3.40. The Balaban J connectivity index is 1.49. The maximum absolute atomic E-state index is 12.8. The third-order valence-electron chi connectivity index (χ3n) is 3.40. The van der Waals surface area contributed by atoms with E-state index in [0.717, 1.165) is 12.0 Å². The fourth-order valence-corrected chi connectivity index (χ4v) is 2.16. The van der Waals surface area contributed by atoms with Crippen LogP contribution in [0, 0.1) is 5.82 Å². The number of nitrogens with one attached hydrogen (secondary N) is 2. The summed E-state index contributed by atoms with van der Waals surface area (Å²) < 4.78 is 17.9. The normalized spacial score (nSPS) is 10.4. The standard InChI is InChI=1S/C18H16FN3O2/c19-14-5-3-13(4-6-14)9-10-20-17-8-7-15(12-21-17)22-18(23)16-2-1-11-24-16/h1-8,11-12H,9-10H2,(H,20,21)(H,22,23). The van der Waals surface area contributed by atoms with Crippen molar-refractivity contribution in [2.24, 2.45) is 0 Å². The molecular formula is C18H16FN3O2. The number of anilines is 2. The van der Waals surface area contributed by atoms with Crippen LogP contribution in [0.3, 0.4) is 0 Å². The highest BCUT2D eigenvalue weighted by molar-refractivity contribution is 6.02. The molecule has 2 aromatic heterocycles. The van der Waals surface area contributed by atoms with Gasteiger partial charge in [0.1, 0.15) is 11.6 Å². The number of rotatable bonds is 6. The van der Waals surface area contributed by atoms with Gasteiger partial charge in [0, 0.05) is 6.54 Å². The highest BCUT2D eigenvalue weighted by atomic mass is 19.1. The molecule has 0 fully saturated rings. The molecule has 3 rings (SSSR count). The zero-order valence-corrected chi connectivity index (χ0v) is 12.8. The van der Waals surface area contributed by atoms with E-state index in [1.54, 1.807) is 42.6 Å². The summed E-state index contributed by atoms with van der Waals surface area (Å²) in [4.78, 5) is 16.1. The Morgan fingerprint density at radius 3 is 2.62 bits per heavy atom. The van der Waals surface area contributed by atoms with E-state index in [2.05, 4.69) is 15.6 Å². The number of hydrogen-bond acceptors (Lipinski definition) is 4. The molecule has 0 saturated heterocycles. The quantitative estimate of drug-likeness (QED) is 0.725. The molecule has 2 N–H and O–H groups in total. The van der Waals surface area contributed by atoms with Crippen molar-refractivity contribution in [3.8, 4) is 0 Å². The summed E-state index contributed by atoms with van der Waals surface area (Å²) in [6, 6.07) is 13.2. The summed E-state index contributed by atoms with van der Waals surface area (Å²) in [5.74, 6) is 0.393. The van der Waals surface area contributed by atoms with E-state index in [1.165, 1.54) is 18.4 Å². The third kappa shape index (κ3) is 4.19. The summed E-state index contributed by atoms with van der Waals surface area (Å²) in [6.07, 6.45) is 3.78. The van der Waals surface area contributed by atoms with Crippen LogP contribution in [0.25, 0.3) is 0 Å². The zero-order valence-electron chi connectivity index (χ0n) is 12.8. The molecular weight excluding hydrogens is 309 g/mol. The van der Waals surface area contributed by atoms with Crippen LogP contribution in [0.15, 0.2) is 65.4 Å². The first-order valence-corrected chi connectivity index (χ1v) is 7.50. The Kier molecular flexibility index (Phi) is 4.86. The highest BCUT2D eigenvalue weighted by Crippen LogP contribution is 2.12. The molecule has 2 heterocycles. The van der Waals surface area contributed by atoms with E-state index in [9.17, 15) is 9.18 Å². The predicted octanol–water partition coefficient (Wildman–Crippen LogP) is 3.72. The molecule has 5 nitrogen and oxygen atoms in total. The average Bonchev–Trinajstić information content (AvgIpc) is 3.13. The summed E-state index contributed by atoms with van der Waals surface area (Å²) in [5.41, 5.74) is 1.63. The van der Waals surface area contributed by atoms with Crippen LogP contribution in [0.5, 0.6) is 0 Å². The number of amides is 1. The maximum atomic E-state index is 12.8. The smallest absolute Gasteiger partial charge is 0.291 e. The maximum Gasteiger partial charge on any atom is 0.291 e. The number of pyridine rings is 1. The number of furan rings is 1. The number of benzene rings is 1. The van der Waals surface area contributed by atoms with Gasteiger partial charge in [0.2, 0.25) is 0 Å². The molecule has 3 aromatic rings. The minimum Gasteiger partial charge on any atom is -0.459 e. The number of carbonyl (C=O) groups is 1. The van der Waals surface area contributed by atoms with Crippen molar-refractivity contribution in [2.45, 2.75) is 6.42 Å². The van der Waals surface area contributed by atoms with Crippen molar-refractivity contribution in [3.05, 3.63) is 78.1 Å². The molecule has 0 saturated carbocycles. The van der Waals surface area contributed by atoms with Gasteiger partial charge < -0.3 is 15.1 Å². The van der Waals surface area contributed by atoms with E-state index in [0.29, 0.717) is 18.1 Å². The lowest BCUT2D eigenvalue weighted by molar-refractivity contribution is 0.0996. The minimum absolute atomic E-state index is 0.236. The monoisotopic (exact) mass is 325 g/mol. The van der Waals surface area contributed by atoms with E-state index < -0.39 is 0 Å². The van der Waals surface area contributed by atoms with Gasteiger partial charge in [-0.15, -0.1) is 0 Å². The van der Waals surface area contributed by atoms with Crippen LogP contribution in [0.1, 0.15) is 16.1 Å². The van der Waals surface area contributed by atoms with Gasteiger partial charge in [-0.25, -0.2) is 9.37 Å². The van der Waals surface area contributed by atoms with Crippen molar-refractivity contribution in [3.63, 3.8) is 0 Å². The fourth-order valence-electron chi connectivity index (χ4n) is 2.16. The average molecular weight is 325 g/mol. The molecule has 6 heteroatoms. The van der Waals surface area contributed by atoms with Crippen LogP contribution in [0.2, 0.25) is 0 Å². The van der Waals surface area contributed by atoms with Crippen molar-refractivity contribution >= 4 is 17.4 Å². The lowest BCUT2D eigenvalue weighted by Gasteiger charge is -2.07. The molecule has 0 spiro atoms. The molecule has 0 radical (unpaired) electrons. The van der Waals surface area contributed by atoms with E-state index >= 15 is 0 Å². The molecule has 0 atom stereocenters. The highest BCUT2D eigenvalue weighted by Gasteiger charge is 2.08. The van der Waals surface area contributed by atoms with Gasteiger partial charge in [-0.05, 0) is 48.4 Å². The molecule has 0 unspecified atom stereocenters. The Hall–Kier alpha value is -3.15. The van der Waals surface area contributed by atoms with Gasteiger partial charge in [-0.2, -0.15) is 0 Å². The molecule has 1 aromatic carbocycles. The van der Waals surface area contributed by atoms with Gasteiger partial charge in [0.15, 0.2) is 5.76 Å². The van der Waals surface area contributed by atoms with Gasteiger partial charge in [-0.3, -0.25) is 4.79 Å². The van der Waals surface area contributed by atoms with Crippen LogP contribution in [-0.2, 0) is 6.42 Å². The molecule has 24 heavy (non-hydrogen) atoms. The minimum atomic E-state index is -0.321. The van der Waals surface area contributed by atoms with Crippen molar-refractivity contribution in [1.82, 2.24) is 4.98 Å². The fraction of sp³-hybridized carbons (Fsp3) is 0.111. The second-order valence-electron chi connectivity index (χ2n) is 5.17. The Morgan fingerprint density at radius 1 is 1.12 bits per heavy atom. The van der Waals surface area contributed by atoms with Crippen molar-refractivity contribution in [2.75, 3.05) is 17.2 Å². The lowest BCUT2D eigenvalue weighted by atomic mass is 10.1. The van der Waals surface area contributed by atoms with Gasteiger partial charge >= 0.3 is 0 Å². The van der Waals surface area contributed by atoms with Crippen LogP contribution in [-0.4, -0.2) is 17.4 Å². The summed E-state index contributed by atoms with van der Waals surface area (Å²) >= 11 is 0. The number of halogens is 1. The molecule has 0 bridgehead atoms. The van der Waals surface area contributed by atoms with Crippen LogP contribution in [0.4, 0.5) is 15.9 Å². The first kappa shape index (κ1) is 15.7. The molecule has 0 aliphatic carbocycles. The Morgan fingerprint density at radius 2 is 1.96 bits per heavy atom. The number of carbonyl (C=O) groups excluding carboxylic acids is 1. The summed E-state index contributed by atoms with van der Waals surface area (Å²) in [6.45, 7) is 0.677. The van der Waals surface area contributed by atoms with Crippen LogP contribution < -0.4 is 10.6 Å². The molecule has 122 valence electrons. The molecule has 0 aliphatic rings. The Labute approximate surface area is 138 Å². The molecule has 0 aliphatic heterocycles. The van der Waals surface area contributed by atoms with E-state index in [-0.39, 0.29) is 17.5 Å². The number of nitrogens with zero attached hydrogens (tertiary/aromatic N) is 1. The largest absolute Gasteiger partial charge is 0.459 e. The van der Waals surface area contributed by atoms with Gasteiger partial charge in [-0.1, -0.05) is 12.1 Å². The Bertz CT molecular complexity index is 784. The van der Waals surface area contributed by atoms with Crippen molar-refractivity contribution in [1.29, 1.82) is 0 Å². The lowest BCUT2D eigenvalue weighted by Crippen LogP contribution is -2.11. The SMILES string of the molecule is O=C(Nc1ccc(NCCc2ccc(F)cc2)nc1)c1ccco1. The van der Waals surface area contributed by atoms with E-state index in [4.69, 9.17) is 4.42 Å². The zero-order chi connectivity index (χ0) is 16.8. The number of hydrogen-bond donors (Lipinski definition) is 2. The second kappa shape index (κ2) is 7.41. The first-order chi connectivity index (χ1) is 11.7. The molecule has 1 amide bonds. The predicted molar refractivity (Wildman–Crippen MR) is 89.5 cm³/mol. The van der Waals surface area contributed by atoms with Gasteiger partial charge in [0.25, 0.3) is 5.91 Å². The van der Waals surface area contributed by atoms with Crippen molar-refractivity contribution < 1.29 is 13.6 Å². The summed E-state index contributed by atoms with van der Waals surface area (Å²) in [7, 11) is 0. The first-order valence-electron chi connectivity index (χ1n) is 7.50. The van der Waals surface area contributed by atoms with E-state index in [1.807, 2.05) is 0 Å². The summed E-state index contributed by atoms with van der Waals surface area (Å²) in [5, 5.41) is 5.88. The topological polar surface area (TPSA) is 67.2 Å². The van der Waals surface area contributed by atoms with Crippen LogP contribution >= 0.6 is 0 Å². The number of aromatic nitrogens is 1. The van der Waals surface area contributed by atoms with Gasteiger partial charge in [0.05, 0.1) is 18.1 Å². The second-order valence-corrected chi connectivity index (χ2v) is 5.17.